The maximum atomic E-state index is 13.4. The molecule has 1 rings (SSSR count). The lowest BCUT2D eigenvalue weighted by molar-refractivity contribution is -0.275. The summed E-state index contributed by atoms with van der Waals surface area (Å²) < 4.78 is 52.7. The number of carbonyl (C=O) groups excluding carboxylic acids is 1. The Morgan fingerprint density at radius 3 is 2.58 bits per heavy atom. The molecule has 1 unspecified atom stereocenters. The minimum atomic E-state index is -4.96. The maximum Gasteiger partial charge on any atom is 0.573 e. The van der Waals surface area contributed by atoms with Crippen LogP contribution in [0.25, 0.3) is 0 Å². The minimum Gasteiger partial charge on any atom is -0.403 e. The highest BCUT2D eigenvalue weighted by atomic mass is 35.5. The number of alkyl halides is 4. The van der Waals surface area contributed by atoms with E-state index >= 15 is 0 Å². The van der Waals surface area contributed by atoms with Crippen LogP contribution in [0, 0.1) is 5.82 Å². The predicted molar refractivity (Wildman–Crippen MR) is 60.4 cm³/mol. The number of hydrogen-bond donors (Lipinski definition) is 1. The number of halogens is 5. The van der Waals surface area contributed by atoms with Crippen molar-refractivity contribution in [3.63, 3.8) is 0 Å². The molecule has 0 aliphatic rings. The first kappa shape index (κ1) is 15.6. The van der Waals surface area contributed by atoms with E-state index in [-0.39, 0.29) is 5.88 Å². The van der Waals surface area contributed by atoms with Crippen molar-refractivity contribution in [1.29, 1.82) is 0 Å². The summed E-state index contributed by atoms with van der Waals surface area (Å²) in [7, 11) is 0. The van der Waals surface area contributed by atoms with Crippen molar-refractivity contribution in [3.8, 4) is 5.75 Å². The molecule has 0 aliphatic carbocycles. The van der Waals surface area contributed by atoms with Gasteiger partial charge in [-0.2, -0.15) is 0 Å². The first-order chi connectivity index (χ1) is 8.73. The Morgan fingerprint density at radius 1 is 1.47 bits per heavy atom. The van der Waals surface area contributed by atoms with Gasteiger partial charge in [0.05, 0.1) is 6.04 Å². The summed E-state index contributed by atoms with van der Waals surface area (Å²) in [4.78, 5) is 11.0. The van der Waals surface area contributed by atoms with Gasteiger partial charge in [-0.25, -0.2) is 4.39 Å². The van der Waals surface area contributed by atoms with E-state index in [4.69, 9.17) is 11.6 Å². The van der Waals surface area contributed by atoms with E-state index in [1.54, 1.807) is 6.92 Å². The molecule has 106 valence electrons. The monoisotopic (exact) mass is 299 g/mol. The van der Waals surface area contributed by atoms with E-state index in [9.17, 15) is 22.4 Å². The van der Waals surface area contributed by atoms with Crippen LogP contribution in [0.5, 0.6) is 5.75 Å². The maximum absolute atomic E-state index is 13.4. The zero-order chi connectivity index (χ0) is 14.6. The molecule has 0 aliphatic heterocycles. The number of carbonyl (C=O) groups is 1. The van der Waals surface area contributed by atoms with Crippen molar-refractivity contribution in [2.45, 2.75) is 19.3 Å². The molecule has 1 N–H and O–H groups in total. The van der Waals surface area contributed by atoms with Crippen molar-refractivity contribution < 1.29 is 27.1 Å². The zero-order valence-electron chi connectivity index (χ0n) is 9.72. The molecular weight excluding hydrogens is 290 g/mol. The van der Waals surface area contributed by atoms with Gasteiger partial charge in [0.25, 0.3) is 0 Å². The van der Waals surface area contributed by atoms with Gasteiger partial charge in [-0.05, 0) is 24.6 Å². The SMILES string of the molecule is CC(NC(=O)CCl)c1ccc(OC(F)(F)F)c(F)c1. The van der Waals surface area contributed by atoms with E-state index in [0.29, 0.717) is 5.56 Å². The summed E-state index contributed by atoms with van der Waals surface area (Å²) in [5.74, 6) is -2.82. The minimum absolute atomic E-state index is 0.262. The van der Waals surface area contributed by atoms with Crippen LogP contribution in [0.1, 0.15) is 18.5 Å². The van der Waals surface area contributed by atoms with Crippen LogP contribution in [-0.2, 0) is 4.79 Å². The molecule has 0 heterocycles. The molecule has 1 aromatic rings. The second kappa shape index (κ2) is 6.10. The fourth-order valence-electron chi connectivity index (χ4n) is 1.36. The predicted octanol–water partition coefficient (Wildman–Crippen LogP) is 3.14. The fourth-order valence-corrected chi connectivity index (χ4v) is 1.43. The van der Waals surface area contributed by atoms with Crippen molar-refractivity contribution >= 4 is 17.5 Å². The lowest BCUT2D eigenvalue weighted by Crippen LogP contribution is -2.27. The summed E-state index contributed by atoms with van der Waals surface area (Å²) in [6.07, 6.45) is -4.96. The van der Waals surface area contributed by atoms with Crippen LogP contribution in [0.4, 0.5) is 17.6 Å². The topological polar surface area (TPSA) is 38.3 Å². The Hall–Kier alpha value is -1.50. The molecule has 0 saturated carbocycles. The number of ether oxygens (including phenoxy) is 1. The third kappa shape index (κ3) is 4.94. The largest absolute Gasteiger partial charge is 0.573 e. The highest BCUT2D eigenvalue weighted by Gasteiger charge is 2.32. The number of hydrogen-bond acceptors (Lipinski definition) is 2. The third-order valence-electron chi connectivity index (χ3n) is 2.18. The Bertz CT molecular complexity index is 464. The smallest absolute Gasteiger partial charge is 0.403 e. The van der Waals surface area contributed by atoms with Crippen LogP contribution in [-0.4, -0.2) is 18.1 Å². The number of rotatable bonds is 4. The molecule has 0 aromatic heterocycles. The van der Waals surface area contributed by atoms with E-state index in [2.05, 4.69) is 10.1 Å². The quantitative estimate of drug-likeness (QED) is 0.685. The fraction of sp³-hybridized carbons (Fsp3) is 0.364. The Labute approximate surface area is 111 Å². The summed E-state index contributed by atoms with van der Waals surface area (Å²) in [5, 5.41) is 2.44. The van der Waals surface area contributed by atoms with Crippen molar-refractivity contribution in [1.82, 2.24) is 5.32 Å². The lowest BCUT2D eigenvalue weighted by Gasteiger charge is -2.15. The van der Waals surface area contributed by atoms with E-state index in [1.165, 1.54) is 6.07 Å². The van der Waals surface area contributed by atoms with Crippen LogP contribution < -0.4 is 10.1 Å². The summed E-state index contributed by atoms with van der Waals surface area (Å²) >= 11 is 5.28. The molecule has 0 saturated heterocycles. The van der Waals surface area contributed by atoms with Crippen LogP contribution in [0.2, 0.25) is 0 Å². The molecule has 19 heavy (non-hydrogen) atoms. The molecule has 0 bridgehead atoms. The van der Waals surface area contributed by atoms with E-state index in [0.717, 1.165) is 12.1 Å². The molecule has 1 aromatic carbocycles. The van der Waals surface area contributed by atoms with Gasteiger partial charge in [-0.15, -0.1) is 24.8 Å². The second-order valence-electron chi connectivity index (χ2n) is 3.66. The second-order valence-corrected chi connectivity index (χ2v) is 3.93. The number of amides is 1. The van der Waals surface area contributed by atoms with Gasteiger partial charge in [0.15, 0.2) is 11.6 Å². The summed E-state index contributed by atoms with van der Waals surface area (Å²) in [5.41, 5.74) is 0.297. The Morgan fingerprint density at radius 2 is 2.11 bits per heavy atom. The summed E-state index contributed by atoms with van der Waals surface area (Å²) in [6, 6.07) is 2.35. The average molecular weight is 300 g/mol. The molecule has 1 atom stereocenters. The average Bonchev–Trinajstić information content (AvgIpc) is 2.29. The van der Waals surface area contributed by atoms with Gasteiger partial charge in [0, 0.05) is 0 Å². The van der Waals surface area contributed by atoms with Crippen LogP contribution in [0.3, 0.4) is 0 Å². The zero-order valence-corrected chi connectivity index (χ0v) is 10.5. The van der Waals surface area contributed by atoms with Gasteiger partial charge in [0.2, 0.25) is 5.91 Å². The third-order valence-corrected chi connectivity index (χ3v) is 2.42. The Balaban J connectivity index is 2.84. The van der Waals surface area contributed by atoms with Gasteiger partial charge < -0.3 is 10.1 Å². The van der Waals surface area contributed by atoms with Crippen molar-refractivity contribution in [2.75, 3.05) is 5.88 Å². The van der Waals surface area contributed by atoms with Gasteiger partial charge in [0.1, 0.15) is 5.88 Å². The highest BCUT2D eigenvalue weighted by Crippen LogP contribution is 2.27. The molecular formula is C11H10ClF4NO2. The van der Waals surface area contributed by atoms with Crippen LogP contribution >= 0.6 is 11.6 Å². The standard InChI is InChI=1S/C11H10ClF4NO2/c1-6(17-10(18)5-12)7-2-3-9(8(13)4-7)19-11(14,15)16/h2-4,6H,5H2,1H3,(H,17,18). The summed E-state index contributed by atoms with van der Waals surface area (Å²) in [6.45, 7) is 1.55. The van der Waals surface area contributed by atoms with Crippen molar-refractivity contribution in [2.24, 2.45) is 0 Å². The molecule has 0 spiro atoms. The number of nitrogens with one attached hydrogen (secondary N) is 1. The van der Waals surface area contributed by atoms with Crippen LogP contribution in [0.15, 0.2) is 18.2 Å². The molecule has 0 radical (unpaired) electrons. The van der Waals surface area contributed by atoms with Gasteiger partial charge >= 0.3 is 6.36 Å². The normalized spacial score (nSPS) is 12.9. The van der Waals surface area contributed by atoms with E-state index in [1.807, 2.05) is 0 Å². The van der Waals surface area contributed by atoms with Gasteiger partial charge in [-0.1, -0.05) is 6.07 Å². The molecule has 8 heteroatoms. The number of benzene rings is 1. The molecule has 3 nitrogen and oxygen atoms in total. The van der Waals surface area contributed by atoms with E-state index < -0.39 is 29.9 Å². The van der Waals surface area contributed by atoms with Crippen molar-refractivity contribution in [3.05, 3.63) is 29.6 Å². The first-order valence-corrected chi connectivity index (χ1v) is 5.67. The first-order valence-electron chi connectivity index (χ1n) is 5.13. The molecule has 1 amide bonds. The molecule has 0 fully saturated rings. The lowest BCUT2D eigenvalue weighted by atomic mass is 10.1. The Kier molecular flexibility index (Phi) is 4.99. The van der Waals surface area contributed by atoms with Gasteiger partial charge in [-0.3, -0.25) is 4.79 Å². The highest BCUT2D eigenvalue weighted by molar-refractivity contribution is 6.27.